The Morgan fingerprint density at radius 2 is 1.85 bits per heavy atom. The Kier molecular flexibility index (Phi) is 5.71. The third kappa shape index (κ3) is 4.25. The van der Waals surface area contributed by atoms with E-state index in [1.54, 1.807) is 19.0 Å². The van der Waals surface area contributed by atoms with Crippen molar-refractivity contribution in [3.8, 4) is 0 Å². The molecule has 7 heteroatoms. The van der Waals surface area contributed by atoms with Crippen molar-refractivity contribution in [2.45, 2.75) is 12.6 Å². The fourth-order valence-electron chi connectivity index (χ4n) is 3.35. The number of carbonyl (C=O) groups is 2. The molecule has 1 unspecified atom stereocenters. The Morgan fingerprint density at radius 1 is 1.11 bits per heavy atom. The van der Waals surface area contributed by atoms with E-state index >= 15 is 0 Å². The lowest BCUT2D eigenvalue weighted by Gasteiger charge is -2.40. The maximum Gasteiger partial charge on any atom is 0.256 e. The molecule has 1 aliphatic heterocycles. The summed E-state index contributed by atoms with van der Waals surface area (Å²) in [6, 6.07) is 12.4. The minimum absolute atomic E-state index is 0.179. The number of hydrogen-bond donors (Lipinski definition) is 1. The summed E-state index contributed by atoms with van der Waals surface area (Å²) >= 11 is 0. The fraction of sp³-hybridized carbons (Fsp3) is 0.350. The first-order chi connectivity index (χ1) is 13.0. The van der Waals surface area contributed by atoms with Gasteiger partial charge in [0.05, 0.1) is 5.56 Å². The highest BCUT2D eigenvalue weighted by atomic mass is 16.2. The SMILES string of the molecule is CNC(=O)C1CN(Cc2ccccc2)CCN1C(=O)c1ccc(=O)n(C)c1. The maximum atomic E-state index is 13.0. The van der Waals surface area contributed by atoms with Crippen LogP contribution >= 0.6 is 0 Å². The quantitative estimate of drug-likeness (QED) is 0.851. The molecule has 0 aliphatic carbocycles. The summed E-state index contributed by atoms with van der Waals surface area (Å²) < 4.78 is 1.37. The van der Waals surface area contributed by atoms with Gasteiger partial charge >= 0.3 is 0 Å². The van der Waals surface area contributed by atoms with Crippen molar-refractivity contribution in [2.75, 3.05) is 26.7 Å². The number of pyridine rings is 1. The van der Waals surface area contributed by atoms with Crippen molar-refractivity contribution >= 4 is 11.8 Å². The zero-order chi connectivity index (χ0) is 19.4. The van der Waals surface area contributed by atoms with Crippen LogP contribution in [-0.2, 0) is 18.4 Å². The minimum Gasteiger partial charge on any atom is -0.357 e. The summed E-state index contributed by atoms with van der Waals surface area (Å²) in [5, 5.41) is 2.66. The number of rotatable bonds is 4. The zero-order valence-corrected chi connectivity index (χ0v) is 15.6. The van der Waals surface area contributed by atoms with Gasteiger partial charge in [-0.1, -0.05) is 30.3 Å². The molecular formula is C20H24N4O3. The second kappa shape index (κ2) is 8.18. The molecule has 3 rings (SSSR count). The van der Waals surface area contributed by atoms with E-state index in [2.05, 4.69) is 22.3 Å². The van der Waals surface area contributed by atoms with Crippen molar-refractivity contribution in [1.82, 2.24) is 19.7 Å². The van der Waals surface area contributed by atoms with Crippen molar-refractivity contribution in [3.05, 3.63) is 70.1 Å². The average Bonchev–Trinajstić information content (AvgIpc) is 2.69. The van der Waals surface area contributed by atoms with Gasteiger partial charge < -0.3 is 14.8 Å². The summed E-state index contributed by atoms with van der Waals surface area (Å²) in [5.41, 5.74) is 1.40. The molecule has 1 saturated heterocycles. The molecule has 0 radical (unpaired) electrons. The predicted molar refractivity (Wildman–Crippen MR) is 102 cm³/mol. The monoisotopic (exact) mass is 368 g/mol. The third-order valence-electron chi connectivity index (χ3n) is 4.86. The minimum atomic E-state index is -0.572. The first kappa shape index (κ1) is 18.8. The number of nitrogens with zero attached hydrogens (tertiary/aromatic N) is 3. The number of benzene rings is 1. The molecule has 1 fully saturated rings. The van der Waals surface area contributed by atoms with Crippen LogP contribution in [0.3, 0.4) is 0 Å². The Morgan fingerprint density at radius 3 is 2.52 bits per heavy atom. The summed E-state index contributed by atoms with van der Waals surface area (Å²) in [6.45, 7) is 2.33. The van der Waals surface area contributed by atoms with Crippen molar-refractivity contribution in [2.24, 2.45) is 7.05 Å². The van der Waals surface area contributed by atoms with Gasteiger partial charge in [0, 0.05) is 52.5 Å². The van der Waals surface area contributed by atoms with E-state index in [4.69, 9.17) is 0 Å². The molecule has 0 bridgehead atoms. The third-order valence-corrected chi connectivity index (χ3v) is 4.86. The van der Waals surface area contributed by atoms with Crippen LogP contribution in [0.2, 0.25) is 0 Å². The van der Waals surface area contributed by atoms with Crippen molar-refractivity contribution < 1.29 is 9.59 Å². The lowest BCUT2D eigenvalue weighted by atomic mass is 10.1. The van der Waals surface area contributed by atoms with E-state index in [0.717, 1.165) is 6.54 Å². The topological polar surface area (TPSA) is 74.7 Å². The Labute approximate surface area is 158 Å². The molecule has 7 nitrogen and oxygen atoms in total. The van der Waals surface area contributed by atoms with Gasteiger partial charge in [-0.15, -0.1) is 0 Å². The van der Waals surface area contributed by atoms with Crippen molar-refractivity contribution in [3.63, 3.8) is 0 Å². The molecule has 1 aromatic carbocycles. The second-order valence-corrected chi connectivity index (χ2v) is 6.72. The van der Waals surface area contributed by atoms with Crippen LogP contribution in [0.15, 0.2) is 53.5 Å². The molecule has 2 aromatic rings. The molecule has 2 amide bonds. The van der Waals surface area contributed by atoms with Crippen LogP contribution < -0.4 is 10.9 Å². The van der Waals surface area contributed by atoms with Gasteiger partial charge in [0.15, 0.2) is 0 Å². The van der Waals surface area contributed by atoms with E-state index in [9.17, 15) is 14.4 Å². The van der Waals surface area contributed by atoms with Gasteiger partial charge in [0.1, 0.15) is 6.04 Å². The van der Waals surface area contributed by atoms with E-state index in [1.165, 1.54) is 28.5 Å². The molecule has 142 valence electrons. The van der Waals surface area contributed by atoms with Crippen LogP contribution in [0.25, 0.3) is 0 Å². The molecule has 2 heterocycles. The number of piperazine rings is 1. The van der Waals surface area contributed by atoms with E-state index in [1.807, 2.05) is 18.2 Å². The summed E-state index contributed by atoms with van der Waals surface area (Å²) in [7, 11) is 3.18. The van der Waals surface area contributed by atoms with Gasteiger partial charge in [-0.3, -0.25) is 19.3 Å². The molecule has 1 aromatic heterocycles. The molecule has 0 saturated carbocycles. The fourth-order valence-corrected chi connectivity index (χ4v) is 3.35. The molecule has 0 spiro atoms. The van der Waals surface area contributed by atoms with Crippen LogP contribution in [0.5, 0.6) is 0 Å². The number of hydrogen-bond acceptors (Lipinski definition) is 4. The lowest BCUT2D eigenvalue weighted by molar-refractivity contribution is -0.127. The first-order valence-corrected chi connectivity index (χ1v) is 8.95. The average molecular weight is 368 g/mol. The lowest BCUT2D eigenvalue weighted by Crippen LogP contribution is -2.60. The molecule has 1 atom stereocenters. The standard InChI is InChI=1S/C20H24N4O3/c1-21-19(26)17-14-23(12-15-6-4-3-5-7-15)10-11-24(17)20(27)16-8-9-18(25)22(2)13-16/h3-9,13,17H,10-12,14H2,1-2H3,(H,21,26). The van der Waals surface area contributed by atoms with Gasteiger partial charge in [-0.2, -0.15) is 0 Å². The van der Waals surface area contributed by atoms with E-state index in [-0.39, 0.29) is 17.4 Å². The largest absolute Gasteiger partial charge is 0.357 e. The zero-order valence-electron chi connectivity index (χ0n) is 15.6. The highest BCUT2D eigenvalue weighted by molar-refractivity contribution is 5.97. The number of amides is 2. The first-order valence-electron chi connectivity index (χ1n) is 8.95. The molecule has 1 aliphatic rings. The van der Waals surface area contributed by atoms with Crippen molar-refractivity contribution in [1.29, 1.82) is 0 Å². The van der Waals surface area contributed by atoms with Gasteiger partial charge in [0.25, 0.3) is 5.91 Å². The normalized spacial score (nSPS) is 17.6. The number of nitrogens with one attached hydrogen (secondary N) is 1. The van der Waals surface area contributed by atoms with Gasteiger partial charge in [-0.05, 0) is 11.6 Å². The maximum absolute atomic E-state index is 13.0. The van der Waals surface area contributed by atoms with Crippen LogP contribution in [0, 0.1) is 0 Å². The van der Waals surface area contributed by atoms with Crippen LogP contribution in [0.4, 0.5) is 0 Å². The Bertz CT molecular complexity index is 878. The van der Waals surface area contributed by atoms with E-state index < -0.39 is 6.04 Å². The highest BCUT2D eigenvalue weighted by Gasteiger charge is 2.35. The Hall–Kier alpha value is -2.93. The summed E-state index contributed by atoms with van der Waals surface area (Å²) in [6.07, 6.45) is 1.52. The van der Waals surface area contributed by atoms with Gasteiger partial charge in [-0.25, -0.2) is 0 Å². The predicted octanol–water partition coefficient (Wildman–Crippen LogP) is 0.458. The number of likely N-dealkylation sites (N-methyl/N-ethyl adjacent to an activating group) is 1. The molecule has 27 heavy (non-hydrogen) atoms. The molecule has 1 N–H and O–H groups in total. The molecular weight excluding hydrogens is 344 g/mol. The summed E-state index contributed by atoms with van der Waals surface area (Å²) in [4.78, 5) is 40.8. The van der Waals surface area contributed by atoms with Gasteiger partial charge in [0.2, 0.25) is 11.5 Å². The number of carbonyl (C=O) groups excluding carboxylic acids is 2. The smallest absolute Gasteiger partial charge is 0.256 e. The number of aromatic nitrogens is 1. The Balaban J connectivity index is 1.78. The second-order valence-electron chi connectivity index (χ2n) is 6.72. The van der Waals surface area contributed by atoms with E-state index in [0.29, 0.717) is 25.2 Å². The highest BCUT2D eigenvalue weighted by Crippen LogP contribution is 2.16. The summed E-state index contributed by atoms with van der Waals surface area (Å²) in [5.74, 6) is -0.426. The van der Waals surface area contributed by atoms with Crippen LogP contribution in [0.1, 0.15) is 15.9 Å². The number of aryl methyl sites for hydroxylation is 1. The van der Waals surface area contributed by atoms with Crippen LogP contribution in [-0.4, -0.2) is 58.9 Å².